The Labute approximate surface area is 203 Å². The van der Waals surface area contributed by atoms with Crippen molar-refractivity contribution >= 4 is 22.7 Å². The molecule has 1 aliphatic rings. The first-order valence-electron chi connectivity index (χ1n) is 12.2. The molecule has 0 saturated heterocycles. The molecule has 0 unspecified atom stereocenters. The number of nitrogens with one attached hydrogen (secondary N) is 2. The van der Waals surface area contributed by atoms with Gasteiger partial charge in [0.2, 0.25) is 0 Å². The first-order valence-corrected chi connectivity index (χ1v) is 12.2. The molecule has 0 heterocycles. The van der Waals surface area contributed by atoms with Crippen LogP contribution in [0, 0.1) is 13.8 Å². The second-order valence-corrected chi connectivity index (χ2v) is 9.40. The molecule has 170 valence electrons. The van der Waals surface area contributed by atoms with Crippen molar-refractivity contribution in [3.63, 3.8) is 0 Å². The van der Waals surface area contributed by atoms with Crippen molar-refractivity contribution in [1.82, 2.24) is 0 Å². The summed E-state index contributed by atoms with van der Waals surface area (Å²) in [5, 5.41) is 7.04. The Morgan fingerprint density at radius 1 is 0.529 bits per heavy atom. The van der Waals surface area contributed by atoms with Crippen molar-refractivity contribution in [2.45, 2.75) is 38.5 Å². The maximum absolute atomic E-state index is 3.52. The van der Waals surface area contributed by atoms with Gasteiger partial charge >= 0.3 is 0 Å². The SMILES string of the molecule is Cc1ccc(Nc2ccc(C3(c4ccc(Nc5ccc(C)cc5)cc4)C=CCCC3)cc2)cc1. The normalized spacial score (nSPS) is 14.5. The highest BCUT2D eigenvalue weighted by atomic mass is 14.9. The minimum Gasteiger partial charge on any atom is -0.356 e. The predicted molar refractivity (Wildman–Crippen MR) is 146 cm³/mol. The van der Waals surface area contributed by atoms with Crippen LogP contribution in [0.25, 0.3) is 0 Å². The lowest BCUT2D eigenvalue weighted by molar-refractivity contribution is 0.530. The average molecular weight is 445 g/mol. The van der Waals surface area contributed by atoms with E-state index in [2.05, 4.69) is 134 Å². The van der Waals surface area contributed by atoms with E-state index in [1.54, 1.807) is 0 Å². The molecule has 1 aliphatic carbocycles. The van der Waals surface area contributed by atoms with Gasteiger partial charge in [0.1, 0.15) is 0 Å². The molecule has 0 radical (unpaired) electrons. The molecule has 2 N–H and O–H groups in total. The number of hydrogen-bond acceptors (Lipinski definition) is 2. The number of allylic oxidation sites excluding steroid dienone is 2. The van der Waals surface area contributed by atoms with Crippen molar-refractivity contribution in [2.24, 2.45) is 0 Å². The minimum atomic E-state index is -0.0803. The summed E-state index contributed by atoms with van der Waals surface area (Å²) in [6.45, 7) is 4.22. The Morgan fingerprint density at radius 2 is 0.912 bits per heavy atom. The lowest BCUT2D eigenvalue weighted by Crippen LogP contribution is -2.27. The summed E-state index contributed by atoms with van der Waals surface area (Å²) < 4.78 is 0. The summed E-state index contributed by atoms with van der Waals surface area (Å²) in [4.78, 5) is 0. The van der Waals surface area contributed by atoms with Crippen molar-refractivity contribution in [2.75, 3.05) is 10.6 Å². The summed E-state index contributed by atoms with van der Waals surface area (Å²) in [5.74, 6) is 0. The van der Waals surface area contributed by atoms with Crippen LogP contribution in [0.5, 0.6) is 0 Å². The fraction of sp³-hybridized carbons (Fsp3) is 0.188. The summed E-state index contributed by atoms with van der Waals surface area (Å²) in [6, 6.07) is 35.0. The predicted octanol–water partition coefficient (Wildman–Crippen LogP) is 8.82. The maximum atomic E-state index is 3.52. The fourth-order valence-corrected chi connectivity index (χ4v) is 4.82. The molecule has 4 aromatic rings. The molecule has 0 saturated carbocycles. The Hall–Kier alpha value is -3.78. The van der Waals surface area contributed by atoms with E-state index in [0.717, 1.165) is 35.6 Å². The summed E-state index contributed by atoms with van der Waals surface area (Å²) >= 11 is 0. The molecule has 2 heteroatoms. The Morgan fingerprint density at radius 3 is 1.26 bits per heavy atom. The van der Waals surface area contributed by atoms with Crippen molar-refractivity contribution < 1.29 is 0 Å². The Balaban J connectivity index is 1.39. The molecule has 34 heavy (non-hydrogen) atoms. The van der Waals surface area contributed by atoms with Crippen LogP contribution in [-0.2, 0) is 5.41 Å². The highest BCUT2D eigenvalue weighted by molar-refractivity contribution is 5.63. The van der Waals surface area contributed by atoms with Gasteiger partial charge < -0.3 is 10.6 Å². The van der Waals surface area contributed by atoms with Crippen LogP contribution < -0.4 is 10.6 Å². The quantitative estimate of drug-likeness (QED) is 0.290. The topological polar surface area (TPSA) is 24.1 Å². The molecule has 0 spiro atoms. The highest BCUT2D eigenvalue weighted by Crippen LogP contribution is 2.42. The van der Waals surface area contributed by atoms with Crippen molar-refractivity contribution in [3.05, 3.63) is 131 Å². The minimum absolute atomic E-state index is 0.0803. The monoisotopic (exact) mass is 444 g/mol. The van der Waals surface area contributed by atoms with E-state index >= 15 is 0 Å². The van der Waals surface area contributed by atoms with Crippen molar-refractivity contribution in [3.8, 4) is 0 Å². The van der Waals surface area contributed by atoms with E-state index < -0.39 is 0 Å². The third kappa shape index (κ3) is 4.77. The van der Waals surface area contributed by atoms with Crippen molar-refractivity contribution in [1.29, 1.82) is 0 Å². The van der Waals surface area contributed by atoms with Gasteiger partial charge in [-0.1, -0.05) is 71.8 Å². The molecule has 5 rings (SSSR count). The fourth-order valence-electron chi connectivity index (χ4n) is 4.82. The van der Waals surface area contributed by atoms with E-state index in [1.807, 2.05) is 0 Å². The number of benzene rings is 4. The van der Waals surface area contributed by atoms with E-state index in [1.165, 1.54) is 28.7 Å². The van der Waals surface area contributed by atoms with Gasteiger partial charge in [0, 0.05) is 28.2 Å². The summed E-state index contributed by atoms with van der Waals surface area (Å²) in [5.41, 5.74) is 9.60. The molecule has 0 fully saturated rings. The van der Waals surface area contributed by atoms with E-state index in [9.17, 15) is 0 Å². The van der Waals surface area contributed by atoms with E-state index in [4.69, 9.17) is 0 Å². The van der Waals surface area contributed by atoms with Crippen LogP contribution in [0.2, 0.25) is 0 Å². The third-order valence-corrected chi connectivity index (χ3v) is 6.82. The molecular weight excluding hydrogens is 412 g/mol. The standard InChI is InChI=1S/C32H32N2/c1-24-6-14-28(15-7-24)33-30-18-10-26(11-19-30)32(22-4-3-5-23-32)27-12-20-31(21-13-27)34-29-16-8-25(2)9-17-29/h4,6-22,33-34H,3,5,23H2,1-2H3. The number of anilines is 4. The van der Waals surface area contributed by atoms with Crippen LogP contribution in [-0.4, -0.2) is 0 Å². The van der Waals surface area contributed by atoms with E-state index in [-0.39, 0.29) is 5.41 Å². The number of rotatable bonds is 6. The van der Waals surface area contributed by atoms with Crippen LogP contribution in [0.1, 0.15) is 41.5 Å². The summed E-state index contributed by atoms with van der Waals surface area (Å²) in [7, 11) is 0. The van der Waals surface area contributed by atoms with Crippen LogP contribution >= 0.6 is 0 Å². The zero-order valence-electron chi connectivity index (χ0n) is 20.0. The third-order valence-electron chi connectivity index (χ3n) is 6.82. The van der Waals surface area contributed by atoms with E-state index in [0.29, 0.717) is 0 Å². The van der Waals surface area contributed by atoms with Gasteiger partial charge in [-0.2, -0.15) is 0 Å². The molecule has 0 aliphatic heterocycles. The van der Waals surface area contributed by atoms with Gasteiger partial charge in [0.15, 0.2) is 0 Å². The number of hydrogen-bond donors (Lipinski definition) is 2. The lowest BCUT2D eigenvalue weighted by atomic mass is 9.69. The van der Waals surface area contributed by atoms with Gasteiger partial charge in [-0.05, 0) is 92.8 Å². The Bertz CT molecular complexity index is 1160. The first-order chi connectivity index (χ1) is 16.6. The highest BCUT2D eigenvalue weighted by Gasteiger charge is 2.32. The first kappa shape index (κ1) is 22.0. The molecule has 4 aromatic carbocycles. The lowest BCUT2D eigenvalue weighted by Gasteiger charge is -2.35. The summed E-state index contributed by atoms with van der Waals surface area (Å²) in [6.07, 6.45) is 8.24. The molecule has 0 amide bonds. The van der Waals surface area contributed by atoms with Gasteiger partial charge in [0.05, 0.1) is 0 Å². The Kier molecular flexibility index (Phi) is 6.22. The smallest absolute Gasteiger partial charge is 0.0384 e. The molecule has 0 atom stereocenters. The van der Waals surface area contributed by atoms with Crippen LogP contribution in [0.3, 0.4) is 0 Å². The average Bonchev–Trinajstić information content (AvgIpc) is 2.88. The molecule has 2 nitrogen and oxygen atoms in total. The van der Waals surface area contributed by atoms with Gasteiger partial charge in [-0.15, -0.1) is 0 Å². The molecule has 0 bridgehead atoms. The number of aryl methyl sites for hydroxylation is 2. The largest absolute Gasteiger partial charge is 0.356 e. The zero-order chi connectivity index (χ0) is 23.4. The van der Waals surface area contributed by atoms with Gasteiger partial charge in [-0.3, -0.25) is 0 Å². The van der Waals surface area contributed by atoms with Gasteiger partial charge in [0.25, 0.3) is 0 Å². The van der Waals surface area contributed by atoms with Crippen LogP contribution in [0.4, 0.5) is 22.7 Å². The molecular formula is C32H32N2. The second-order valence-electron chi connectivity index (χ2n) is 9.40. The van der Waals surface area contributed by atoms with Crippen LogP contribution in [0.15, 0.2) is 109 Å². The zero-order valence-corrected chi connectivity index (χ0v) is 20.0. The maximum Gasteiger partial charge on any atom is 0.0384 e. The molecule has 0 aromatic heterocycles. The van der Waals surface area contributed by atoms with Gasteiger partial charge in [-0.25, -0.2) is 0 Å². The second kappa shape index (κ2) is 9.61.